The molecule has 0 spiro atoms. The quantitative estimate of drug-likeness (QED) is 0.773. The molecule has 1 atom stereocenters. The molecule has 1 aromatic carbocycles. The van der Waals surface area contributed by atoms with Crippen LogP contribution in [0.1, 0.15) is 32.3 Å². The number of nitrogens with zero attached hydrogens (tertiary/aromatic N) is 1. The Hall–Kier alpha value is -0.510. The first-order chi connectivity index (χ1) is 9.70. The van der Waals surface area contributed by atoms with E-state index in [9.17, 15) is 0 Å². The van der Waals surface area contributed by atoms with Crippen LogP contribution in [0.15, 0.2) is 29.2 Å². The van der Waals surface area contributed by atoms with E-state index in [0.717, 1.165) is 19.0 Å². The summed E-state index contributed by atoms with van der Waals surface area (Å²) < 4.78 is 0. The van der Waals surface area contributed by atoms with Crippen molar-refractivity contribution in [2.45, 2.75) is 44.2 Å². The van der Waals surface area contributed by atoms with Crippen LogP contribution in [0.2, 0.25) is 0 Å². The Kier molecular flexibility index (Phi) is 6.40. The lowest BCUT2D eigenvalue weighted by Gasteiger charge is -2.31. The predicted molar refractivity (Wildman–Crippen MR) is 89.4 cm³/mol. The van der Waals surface area contributed by atoms with Gasteiger partial charge >= 0.3 is 0 Å². The Morgan fingerprint density at radius 2 is 1.80 bits per heavy atom. The average molecular weight is 292 g/mol. The van der Waals surface area contributed by atoms with Crippen LogP contribution in [0.4, 0.5) is 0 Å². The molecule has 2 nitrogen and oxygen atoms in total. The molecule has 112 valence electrons. The van der Waals surface area contributed by atoms with Gasteiger partial charge in [-0.25, -0.2) is 0 Å². The van der Waals surface area contributed by atoms with Crippen molar-refractivity contribution in [3.63, 3.8) is 0 Å². The lowest BCUT2D eigenvalue weighted by Crippen LogP contribution is -2.44. The monoisotopic (exact) mass is 292 g/mol. The van der Waals surface area contributed by atoms with Gasteiger partial charge in [-0.05, 0) is 55.8 Å². The maximum atomic E-state index is 3.65. The smallest absolute Gasteiger partial charge is 0.0243 e. The number of hydrogen-bond acceptors (Lipinski definition) is 3. The Morgan fingerprint density at radius 1 is 1.15 bits per heavy atom. The molecule has 0 aliphatic carbocycles. The van der Waals surface area contributed by atoms with Gasteiger partial charge in [0.15, 0.2) is 0 Å². The van der Waals surface area contributed by atoms with Crippen LogP contribution in [-0.2, 0) is 6.54 Å². The molecule has 1 heterocycles. The number of benzene rings is 1. The molecule has 1 aliphatic heterocycles. The van der Waals surface area contributed by atoms with E-state index in [1.807, 2.05) is 0 Å². The molecular weight excluding hydrogens is 264 g/mol. The highest BCUT2D eigenvalue weighted by Gasteiger charge is 2.23. The zero-order valence-electron chi connectivity index (χ0n) is 13.1. The molecule has 1 saturated heterocycles. The molecule has 3 heteroatoms. The van der Waals surface area contributed by atoms with Crippen LogP contribution in [0.5, 0.6) is 0 Å². The van der Waals surface area contributed by atoms with Crippen LogP contribution in [0, 0.1) is 5.92 Å². The Labute approximate surface area is 128 Å². The topological polar surface area (TPSA) is 15.3 Å². The molecular formula is C17H28N2S. The zero-order chi connectivity index (χ0) is 14.4. The average Bonchev–Trinajstić information content (AvgIpc) is 2.97. The third-order valence-corrected chi connectivity index (χ3v) is 4.96. The van der Waals surface area contributed by atoms with Crippen LogP contribution < -0.4 is 5.32 Å². The van der Waals surface area contributed by atoms with E-state index in [0.29, 0.717) is 6.04 Å². The molecule has 1 aliphatic rings. The highest BCUT2D eigenvalue weighted by molar-refractivity contribution is 7.98. The second-order valence-corrected chi connectivity index (χ2v) is 6.91. The SMILES string of the molecule is CSc1ccc(CNCC(C(C)C)N2CCCC2)cc1. The summed E-state index contributed by atoms with van der Waals surface area (Å²) in [5.74, 6) is 0.722. The van der Waals surface area contributed by atoms with Crippen molar-refractivity contribution >= 4 is 11.8 Å². The standard InChI is InChI=1S/C17H28N2S/c1-14(2)17(19-10-4-5-11-19)13-18-12-15-6-8-16(20-3)9-7-15/h6-9,14,17-18H,4-5,10-13H2,1-3H3. The number of likely N-dealkylation sites (tertiary alicyclic amines) is 1. The van der Waals surface area contributed by atoms with Crippen molar-refractivity contribution in [2.24, 2.45) is 5.92 Å². The van der Waals surface area contributed by atoms with E-state index in [2.05, 4.69) is 54.6 Å². The fourth-order valence-electron chi connectivity index (χ4n) is 2.97. The van der Waals surface area contributed by atoms with Crippen LogP contribution in [-0.4, -0.2) is 36.8 Å². The molecule has 1 unspecified atom stereocenters. The van der Waals surface area contributed by atoms with Gasteiger partial charge in [0, 0.05) is 24.0 Å². The molecule has 0 saturated carbocycles. The van der Waals surface area contributed by atoms with Gasteiger partial charge in [0.05, 0.1) is 0 Å². The summed E-state index contributed by atoms with van der Waals surface area (Å²) in [5.41, 5.74) is 1.38. The summed E-state index contributed by atoms with van der Waals surface area (Å²) in [6, 6.07) is 9.57. The largest absolute Gasteiger partial charge is 0.311 e. The molecule has 0 radical (unpaired) electrons. The summed E-state index contributed by atoms with van der Waals surface area (Å²) in [6.45, 7) is 9.34. The summed E-state index contributed by atoms with van der Waals surface area (Å²) in [6.07, 6.45) is 4.87. The van der Waals surface area contributed by atoms with Crippen LogP contribution >= 0.6 is 11.8 Å². The molecule has 1 fully saturated rings. The van der Waals surface area contributed by atoms with Crippen molar-refractivity contribution in [3.05, 3.63) is 29.8 Å². The van der Waals surface area contributed by atoms with E-state index >= 15 is 0 Å². The highest BCUT2D eigenvalue weighted by atomic mass is 32.2. The summed E-state index contributed by atoms with van der Waals surface area (Å²) >= 11 is 1.80. The normalized spacial score (nSPS) is 17.8. The van der Waals surface area contributed by atoms with E-state index in [1.54, 1.807) is 11.8 Å². The second kappa shape index (κ2) is 8.06. The van der Waals surface area contributed by atoms with Gasteiger partial charge in [0.1, 0.15) is 0 Å². The molecule has 1 aromatic rings. The van der Waals surface area contributed by atoms with Gasteiger partial charge < -0.3 is 5.32 Å². The third-order valence-electron chi connectivity index (χ3n) is 4.22. The van der Waals surface area contributed by atoms with Crippen LogP contribution in [0.3, 0.4) is 0 Å². The van der Waals surface area contributed by atoms with Crippen molar-refractivity contribution in [2.75, 3.05) is 25.9 Å². The first-order valence-corrected chi connectivity index (χ1v) is 9.01. The van der Waals surface area contributed by atoms with Gasteiger partial charge in [0.25, 0.3) is 0 Å². The first-order valence-electron chi connectivity index (χ1n) is 7.78. The van der Waals surface area contributed by atoms with Gasteiger partial charge in [-0.2, -0.15) is 0 Å². The summed E-state index contributed by atoms with van der Waals surface area (Å²) in [7, 11) is 0. The summed E-state index contributed by atoms with van der Waals surface area (Å²) in [4.78, 5) is 4.00. The highest BCUT2D eigenvalue weighted by Crippen LogP contribution is 2.18. The van der Waals surface area contributed by atoms with Gasteiger partial charge in [0.2, 0.25) is 0 Å². The number of nitrogens with one attached hydrogen (secondary N) is 1. The fourth-order valence-corrected chi connectivity index (χ4v) is 3.38. The Balaban J connectivity index is 1.80. The first kappa shape index (κ1) is 15.9. The zero-order valence-corrected chi connectivity index (χ0v) is 13.9. The minimum atomic E-state index is 0.683. The number of hydrogen-bond donors (Lipinski definition) is 1. The van der Waals surface area contributed by atoms with Crippen LogP contribution in [0.25, 0.3) is 0 Å². The van der Waals surface area contributed by atoms with Crippen molar-refractivity contribution in [3.8, 4) is 0 Å². The molecule has 2 rings (SSSR count). The van der Waals surface area contributed by atoms with Crippen molar-refractivity contribution < 1.29 is 0 Å². The maximum absolute atomic E-state index is 3.65. The number of thioether (sulfide) groups is 1. The maximum Gasteiger partial charge on any atom is 0.0243 e. The predicted octanol–water partition coefficient (Wildman–Crippen LogP) is 3.62. The Bertz CT molecular complexity index is 382. The molecule has 0 bridgehead atoms. The van der Waals surface area contributed by atoms with E-state index in [1.165, 1.54) is 36.4 Å². The van der Waals surface area contributed by atoms with Gasteiger partial charge in [-0.15, -0.1) is 11.8 Å². The fraction of sp³-hybridized carbons (Fsp3) is 0.647. The van der Waals surface area contributed by atoms with Crippen molar-refractivity contribution in [1.29, 1.82) is 0 Å². The minimum absolute atomic E-state index is 0.683. The van der Waals surface area contributed by atoms with E-state index < -0.39 is 0 Å². The number of rotatable bonds is 7. The molecule has 0 aromatic heterocycles. The molecule has 0 amide bonds. The molecule has 20 heavy (non-hydrogen) atoms. The molecule has 1 N–H and O–H groups in total. The van der Waals surface area contributed by atoms with Gasteiger partial charge in [-0.3, -0.25) is 4.90 Å². The minimum Gasteiger partial charge on any atom is -0.311 e. The second-order valence-electron chi connectivity index (χ2n) is 6.03. The Morgan fingerprint density at radius 3 is 2.35 bits per heavy atom. The van der Waals surface area contributed by atoms with E-state index in [-0.39, 0.29) is 0 Å². The van der Waals surface area contributed by atoms with Crippen molar-refractivity contribution in [1.82, 2.24) is 10.2 Å². The summed E-state index contributed by atoms with van der Waals surface area (Å²) in [5, 5.41) is 3.65. The lowest BCUT2D eigenvalue weighted by molar-refractivity contribution is 0.186. The van der Waals surface area contributed by atoms with Gasteiger partial charge in [-0.1, -0.05) is 26.0 Å². The third kappa shape index (κ3) is 4.51. The van der Waals surface area contributed by atoms with E-state index in [4.69, 9.17) is 0 Å². The lowest BCUT2D eigenvalue weighted by atomic mass is 10.0.